The fourth-order valence-corrected chi connectivity index (χ4v) is 2.81. The van der Waals surface area contributed by atoms with Gasteiger partial charge in [-0.25, -0.2) is 4.79 Å². The van der Waals surface area contributed by atoms with Gasteiger partial charge < -0.3 is 15.5 Å². The topological polar surface area (TPSA) is 61.4 Å². The molecule has 0 aromatic heterocycles. The van der Waals surface area contributed by atoms with Gasteiger partial charge in [-0.15, -0.1) is 0 Å². The highest BCUT2D eigenvalue weighted by Crippen LogP contribution is 2.20. The number of anilines is 1. The molecular formula is C18H18ClN3O2. The quantitative estimate of drug-likeness (QED) is 0.896. The maximum absolute atomic E-state index is 12.1. The molecule has 1 saturated heterocycles. The average molecular weight is 344 g/mol. The number of amides is 3. The van der Waals surface area contributed by atoms with E-state index in [2.05, 4.69) is 10.6 Å². The minimum atomic E-state index is -0.280. The van der Waals surface area contributed by atoms with Gasteiger partial charge in [0, 0.05) is 30.2 Å². The summed E-state index contributed by atoms with van der Waals surface area (Å²) in [7, 11) is 0. The van der Waals surface area contributed by atoms with Gasteiger partial charge in [-0.3, -0.25) is 4.79 Å². The summed E-state index contributed by atoms with van der Waals surface area (Å²) in [6.45, 7) is 0.892. The number of carbonyl (C=O) groups excluding carboxylic acids is 2. The summed E-state index contributed by atoms with van der Waals surface area (Å²) in [5.41, 5.74) is 1.82. The van der Waals surface area contributed by atoms with Crippen LogP contribution in [0.15, 0.2) is 54.6 Å². The number of nitrogens with one attached hydrogen (secondary N) is 2. The van der Waals surface area contributed by atoms with Gasteiger partial charge in [0.25, 0.3) is 0 Å². The summed E-state index contributed by atoms with van der Waals surface area (Å²) in [6.07, 6.45) is 0.309. The van der Waals surface area contributed by atoms with Crippen LogP contribution in [-0.4, -0.2) is 24.5 Å². The van der Waals surface area contributed by atoms with Crippen molar-refractivity contribution in [1.29, 1.82) is 0 Å². The van der Waals surface area contributed by atoms with Crippen molar-refractivity contribution in [3.8, 4) is 0 Å². The molecule has 2 aromatic rings. The third-order valence-corrected chi connectivity index (χ3v) is 4.15. The molecule has 3 rings (SSSR count). The Bertz CT molecular complexity index is 719. The van der Waals surface area contributed by atoms with Crippen LogP contribution in [0.2, 0.25) is 5.02 Å². The van der Waals surface area contributed by atoms with Gasteiger partial charge in [-0.05, 0) is 29.8 Å². The molecule has 1 heterocycles. The third-order valence-electron chi connectivity index (χ3n) is 3.89. The molecular weight excluding hydrogens is 326 g/mol. The van der Waals surface area contributed by atoms with Crippen molar-refractivity contribution in [1.82, 2.24) is 10.6 Å². The van der Waals surface area contributed by atoms with Crippen molar-refractivity contribution >= 4 is 29.2 Å². The Hall–Kier alpha value is -2.53. The number of rotatable bonds is 4. The van der Waals surface area contributed by atoms with E-state index >= 15 is 0 Å². The Balaban J connectivity index is 1.50. The van der Waals surface area contributed by atoms with Gasteiger partial charge in [0.15, 0.2) is 0 Å². The van der Waals surface area contributed by atoms with Crippen LogP contribution in [0.3, 0.4) is 0 Å². The molecule has 2 aromatic carbocycles. The average Bonchev–Trinajstić information content (AvgIpc) is 2.95. The molecule has 0 spiro atoms. The number of hydrogen-bond donors (Lipinski definition) is 2. The molecule has 0 unspecified atom stereocenters. The number of nitrogens with zero attached hydrogens (tertiary/aromatic N) is 1. The summed E-state index contributed by atoms with van der Waals surface area (Å²) >= 11 is 5.83. The second kappa shape index (κ2) is 7.36. The first-order chi connectivity index (χ1) is 11.6. The zero-order valence-corrected chi connectivity index (χ0v) is 13.8. The van der Waals surface area contributed by atoms with Gasteiger partial charge in [-0.1, -0.05) is 41.9 Å². The molecule has 1 aliphatic rings. The number of carbonyl (C=O) groups is 2. The molecule has 5 nitrogen and oxygen atoms in total. The van der Waals surface area contributed by atoms with Crippen LogP contribution >= 0.6 is 11.6 Å². The van der Waals surface area contributed by atoms with E-state index in [1.165, 1.54) is 0 Å². The third kappa shape index (κ3) is 4.06. The minimum Gasteiger partial charge on any atom is -0.334 e. The molecule has 1 atom stereocenters. The van der Waals surface area contributed by atoms with Crippen molar-refractivity contribution in [3.05, 3.63) is 65.2 Å². The highest BCUT2D eigenvalue weighted by Gasteiger charge is 2.31. The van der Waals surface area contributed by atoms with Crippen LogP contribution in [0, 0.1) is 0 Å². The van der Waals surface area contributed by atoms with Crippen LogP contribution < -0.4 is 15.5 Å². The molecule has 0 saturated carbocycles. The second-order valence-electron chi connectivity index (χ2n) is 5.69. The Morgan fingerprint density at radius 2 is 1.83 bits per heavy atom. The van der Waals surface area contributed by atoms with Crippen molar-refractivity contribution in [2.75, 3.05) is 11.4 Å². The predicted molar refractivity (Wildman–Crippen MR) is 94.0 cm³/mol. The summed E-state index contributed by atoms with van der Waals surface area (Å²) in [4.78, 5) is 25.8. The predicted octanol–water partition coefficient (Wildman–Crippen LogP) is 2.94. The number of benzene rings is 2. The van der Waals surface area contributed by atoms with E-state index in [-0.39, 0.29) is 18.0 Å². The molecule has 0 bridgehead atoms. The molecule has 0 radical (unpaired) electrons. The zero-order chi connectivity index (χ0) is 16.9. The second-order valence-corrected chi connectivity index (χ2v) is 6.13. The maximum atomic E-state index is 12.1. The highest BCUT2D eigenvalue weighted by atomic mass is 35.5. The first kappa shape index (κ1) is 16.3. The van der Waals surface area contributed by atoms with Crippen molar-refractivity contribution in [3.63, 3.8) is 0 Å². The maximum Gasteiger partial charge on any atom is 0.315 e. The summed E-state index contributed by atoms with van der Waals surface area (Å²) < 4.78 is 0. The lowest BCUT2D eigenvalue weighted by Gasteiger charge is -2.17. The smallest absolute Gasteiger partial charge is 0.315 e. The van der Waals surface area contributed by atoms with E-state index in [4.69, 9.17) is 11.6 Å². The minimum absolute atomic E-state index is 0.0178. The van der Waals surface area contributed by atoms with Crippen molar-refractivity contribution in [2.24, 2.45) is 0 Å². The van der Waals surface area contributed by atoms with Crippen LogP contribution in [0.5, 0.6) is 0 Å². The number of halogens is 1. The standard InChI is InChI=1S/C18H18ClN3O2/c19-14-8-6-13(7-9-14)11-20-18(24)21-15-10-17(23)22(12-15)16-4-2-1-3-5-16/h1-9,15H,10-12H2,(H2,20,21,24)/t15-/m1/s1. The van der Waals surface area contributed by atoms with E-state index < -0.39 is 0 Å². The molecule has 6 heteroatoms. The Morgan fingerprint density at radius 1 is 1.12 bits per heavy atom. The fourth-order valence-electron chi connectivity index (χ4n) is 2.68. The van der Waals surface area contributed by atoms with Gasteiger partial charge in [-0.2, -0.15) is 0 Å². The Labute approximate surface area is 145 Å². The molecule has 3 amide bonds. The molecule has 1 fully saturated rings. The largest absolute Gasteiger partial charge is 0.334 e. The van der Waals surface area contributed by atoms with E-state index in [1.807, 2.05) is 42.5 Å². The van der Waals surface area contributed by atoms with Gasteiger partial charge in [0.1, 0.15) is 0 Å². The van der Waals surface area contributed by atoms with Gasteiger partial charge in [0.2, 0.25) is 5.91 Å². The zero-order valence-electron chi connectivity index (χ0n) is 13.0. The van der Waals surface area contributed by atoms with Crippen molar-refractivity contribution < 1.29 is 9.59 Å². The lowest BCUT2D eigenvalue weighted by atomic mass is 10.2. The molecule has 1 aliphatic heterocycles. The lowest BCUT2D eigenvalue weighted by molar-refractivity contribution is -0.117. The molecule has 24 heavy (non-hydrogen) atoms. The SMILES string of the molecule is O=C(NCc1ccc(Cl)cc1)N[C@@H]1CC(=O)N(c2ccccc2)C1. The monoisotopic (exact) mass is 343 g/mol. The Kier molecular flexibility index (Phi) is 5.01. The van der Waals surface area contributed by atoms with Crippen molar-refractivity contribution in [2.45, 2.75) is 19.0 Å². The number of para-hydroxylation sites is 1. The van der Waals surface area contributed by atoms with Crippen LogP contribution in [0.25, 0.3) is 0 Å². The number of urea groups is 1. The van der Waals surface area contributed by atoms with E-state index in [1.54, 1.807) is 17.0 Å². The van der Waals surface area contributed by atoms with Crippen LogP contribution in [0.4, 0.5) is 10.5 Å². The van der Waals surface area contributed by atoms with E-state index in [0.717, 1.165) is 11.3 Å². The first-order valence-electron chi connectivity index (χ1n) is 7.76. The first-order valence-corrected chi connectivity index (χ1v) is 8.14. The lowest BCUT2D eigenvalue weighted by Crippen LogP contribution is -2.43. The fraction of sp³-hybridized carbons (Fsp3) is 0.222. The van der Waals surface area contributed by atoms with Gasteiger partial charge in [0.05, 0.1) is 6.04 Å². The van der Waals surface area contributed by atoms with Gasteiger partial charge >= 0.3 is 6.03 Å². The van der Waals surface area contributed by atoms with E-state index in [0.29, 0.717) is 24.5 Å². The summed E-state index contributed by atoms with van der Waals surface area (Å²) in [5.74, 6) is 0.0178. The number of hydrogen-bond acceptors (Lipinski definition) is 2. The normalized spacial score (nSPS) is 17.0. The van der Waals surface area contributed by atoms with Crippen LogP contribution in [-0.2, 0) is 11.3 Å². The molecule has 0 aliphatic carbocycles. The van der Waals surface area contributed by atoms with Crippen LogP contribution in [0.1, 0.15) is 12.0 Å². The summed E-state index contributed by atoms with van der Waals surface area (Å²) in [6, 6.07) is 16.3. The summed E-state index contributed by atoms with van der Waals surface area (Å²) in [5, 5.41) is 6.30. The molecule has 124 valence electrons. The highest BCUT2D eigenvalue weighted by molar-refractivity contribution is 6.30. The Morgan fingerprint density at radius 3 is 2.54 bits per heavy atom. The molecule has 2 N–H and O–H groups in total. The van der Waals surface area contributed by atoms with E-state index in [9.17, 15) is 9.59 Å².